The van der Waals surface area contributed by atoms with E-state index in [0.717, 1.165) is 6.07 Å². The standard InChI is InChI=1S/C17H20N4O5S/c1-3-20(4-2)27(25,26)15-8-9-16(17(11-15)21(23)24)19-18-12-13-6-5-7-14(22)10-13/h5-12,19,22H,3-4H2,1-2H3/b18-12+. The van der Waals surface area contributed by atoms with Crippen LogP contribution < -0.4 is 5.43 Å². The normalized spacial score (nSPS) is 11.8. The number of nitro benzene ring substituents is 1. The van der Waals surface area contributed by atoms with Gasteiger partial charge in [0.2, 0.25) is 10.0 Å². The van der Waals surface area contributed by atoms with Crippen molar-refractivity contribution in [2.45, 2.75) is 18.7 Å². The van der Waals surface area contributed by atoms with Gasteiger partial charge >= 0.3 is 0 Å². The van der Waals surface area contributed by atoms with Gasteiger partial charge < -0.3 is 5.11 Å². The summed E-state index contributed by atoms with van der Waals surface area (Å²) in [7, 11) is -3.81. The number of hydrogen-bond donors (Lipinski definition) is 2. The van der Waals surface area contributed by atoms with Crippen molar-refractivity contribution in [2.75, 3.05) is 18.5 Å². The SMILES string of the molecule is CCN(CC)S(=O)(=O)c1ccc(N/N=C/c2cccc(O)c2)c([N+](=O)[O-])c1. The lowest BCUT2D eigenvalue weighted by Gasteiger charge is -2.18. The lowest BCUT2D eigenvalue weighted by atomic mass is 10.2. The van der Waals surface area contributed by atoms with Crippen LogP contribution in [0.4, 0.5) is 11.4 Å². The molecular weight excluding hydrogens is 372 g/mol. The Morgan fingerprint density at radius 2 is 1.93 bits per heavy atom. The Kier molecular flexibility index (Phi) is 6.48. The van der Waals surface area contributed by atoms with Gasteiger partial charge in [0, 0.05) is 19.2 Å². The van der Waals surface area contributed by atoms with Crippen LogP contribution in [0.2, 0.25) is 0 Å². The van der Waals surface area contributed by atoms with Gasteiger partial charge in [0.25, 0.3) is 5.69 Å². The fourth-order valence-corrected chi connectivity index (χ4v) is 3.89. The van der Waals surface area contributed by atoms with Crippen molar-refractivity contribution in [3.63, 3.8) is 0 Å². The molecule has 2 aromatic carbocycles. The lowest BCUT2D eigenvalue weighted by Crippen LogP contribution is -2.30. The number of rotatable bonds is 8. The van der Waals surface area contributed by atoms with Crippen LogP contribution in [0.5, 0.6) is 5.75 Å². The minimum absolute atomic E-state index is 0.0508. The summed E-state index contributed by atoms with van der Waals surface area (Å²) in [6, 6.07) is 9.91. The quantitative estimate of drug-likeness (QED) is 0.404. The molecule has 0 amide bonds. The molecule has 0 radical (unpaired) electrons. The Morgan fingerprint density at radius 1 is 1.22 bits per heavy atom. The molecule has 0 bridgehead atoms. The Morgan fingerprint density at radius 3 is 2.52 bits per heavy atom. The second-order valence-corrected chi connectivity index (χ2v) is 7.43. The molecule has 0 heterocycles. The third-order valence-electron chi connectivity index (χ3n) is 3.78. The molecule has 2 N–H and O–H groups in total. The molecule has 10 heteroatoms. The molecule has 0 atom stereocenters. The van der Waals surface area contributed by atoms with Crippen molar-refractivity contribution in [1.82, 2.24) is 4.31 Å². The number of anilines is 1. The van der Waals surface area contributed by atoms with Crippen molar-refractivity contribution >= 4 is 27.6 Å². The number of phenolic OH excluding ortho intramolecular Hbond substituents is 1. The van der Waals surface area contributed by atoms with E-state index in [0.29, 0.717) is 5.56 Å². The van der Waals surface area contributed by atoms with Crippen molar-refractivity contribution in [3.8, 4) is 5.75 Å². The van der Waals surface area contributed by atoms with E-state index < -0.39 is 20.6 Å². The summed E-state index contributed by atoms with van der Waals surface area (Å²) in [4.78, 5) is 10.5. The third-order valence-corrected chi connectivity index (χ3v) is 5.82. The molecule has 0 saturated heterocycles. The average molecular weight is 392 g/mol. The van der Waals surface area contributed by atoms with Gasteiger partial charge in [-0.15, -0.1) is 0 Å². The fraction of sp³-hybridized carbons (Fsp3) is 0.235. The van der Waals surface area contributed by atoms with Gasteiger partial charge in [0.05, 0.1) is 16.0 Å². The van der Waals surface area contributed by atoms with E-state index in [2.05, 4.69) is 10.5 Å². The summed E-state index contributed by atoms with van der Waals surface area (Å²) in [5.41, 5.74) is 2.77. The first-order valence-electron chi connectivity index (χ1n) is 8.16. The molecule has 0 aliphatic carbocycles. The summed E-state index contributed by atoms with van der Waals surface area (Å²) in [5.74, 6) is 0.0656. The molecule has 0 saturated carbocycles. The third kappa shape index (κ3) is 4.80. The van der Waals surface area contributed by atoms with Gasteiger partial charge in [-0.2, -0.15) is 9.41 Å². The van der Waals surface area contributed by atoms with Crippen LogP contribution in [0.1, 0.15) is 19.4 Å². The van der Waals surface area contributed by atoms with E-state index in [1.54, 1.807) is 26.0 Å². The monoisotopic (exact) mass is 392 g/mol. The maximum absolute atomic E-state index is 12.5. The lowest BCUT2D eigenvalue weighted by molar-refractivity contribution is -0.384. The summed E-state index contributed by atoms with van der Waals surface area (Å²) in [6.45, 7) is 3.92. The van der Waals surface area contributed by atoms with Crippen LogP contribution >= 0.6 is 0 Å². The second kappa shape index (κ2) is 8.60. The van der Waals surface area contributed by atoms with Gasteiger partial charge in [-0.3, -0.25) is 15.5 Å². The van der Waals surface area contributed by atoms with E-state index in [4.69, 9.17) is 0 Å². The number of sulfonamides is 1. The summed E-state index contributed by atoms with van der Waals surface area (Å²) in [6.07, 6.45) is 1.38. The van der Waals surface area contributed by atoms with Crippen LogP contribution in [-0.2, 0) is 10.0 Å². The summed E-state index contributed by atoms with van der Waals surface area (Å²) in [5, 5.41) is 24.7. The number of nitrogens with one attached hydrogen (secondary N) is 1. The van der Waals surface area contributed by atoms with Crippen molar-refractivity contribution < 1.29 is 18.4 Å². The number of aromatic hydroxyl groups is 1. The number of nitro groups is 1. The topological polar surface area (TPSA) is 125 Å². The molecule has 0 aromatic heterocycles. The maximum Gasteiger partial charge on any atom is 0.295 e. The van der Waals surface area contributed by atoms with Gasteiger partial charge in [0.1, 0.15) is 11.4 Å². The van der Waals surface area contributed by atoms with Gasteiger partial charge in [-0.05, 0) is 29.8 Å². The zero-order valence-corrected chi connectivity index (χ0v) is 15.7. The zero-order chi connectivity index (χ0) is 20.0. The van der Waals surface area contributed by atoms with Crippen molar-refractivity contribution in [3.05, 3.63) is 58.1 Å². The van der Waals surface area contributed by atoms with Crippen molar-refractivity contribution in [2.24, 2.45) is 5.10 Å². The first-order chi connectivity index (χ1) is 12.8. The van der Waals surface area contributed by atoms with Gasteiger partial charge in [-0.1, -0.05) is 26.0 Å². The molecule has 2 rings (SSSR count). The molecule has 0 aliphatic heterocycles. The van der Waals surface area contributed by atoms with E-state index in [9.17, 15) is 23.6 Å². The summed E-state index contributed by atoms with van der Waals surface area (Å²) < 4.78 is 26.3. The number of phenols is 1. The molecule has 0 fully saturated rings. The molecule has 2 aromatic rings. The van der Waals surface area contributed by atoms with Gasteiger partial charge in [-0.25, -0.2) is 8.42 Å². The second-order valence-electron chi connectivity index (χ2n) is 5.49. The predicted octanol–water partition coefficient (Wildman–Crippen LogP) is 2.78. The highest BCUT2D eigenvalue weighted by Crippen LogP contribution is 2.29. The molecule has 9 nitrogen and oxygen atoms in total. The molecule has 144 valence electrons. The predicted molar refractivity (Wildman–Crippen MR) is 103 cm³/mol. The Balaban J connectivity index is 2.32. The highest BCUT2D eigenvalue weighted by molar-refractivity contribution is 7.89. The molecule has 0 unspecified atom stereocenters. The molecule has 27 heavy (non-hydrogen) atoms. The number of nitrogens with zero attached hydrogens (tertiary/aromatic N) is 3. The molecule has 0 aliphatic rings. The Hall–Kier alpha value is -2.98. The number of hydrogen-bond acceptors (Lipinski definition) is 7. The zero-order valence-electron chi connectivity index (χ0n) is 14.9. The maximum atomic E-state index is 12.5. The minimum Gasteiger partial charge on any atom is -0.508 e. The molecular formula is C17H20N4O5S. The highest BCUT2D eigenvalue weighted by atomic mass is 32.2. The first-order valence-corrected chi connectivity index (χ1v) is 9.60. The summed E-state index contributed by atoms with van der Waals surface area (Å²) >= 11 is 0. The van der Waals surface area contributed by atoms with Crippen LogP contribution in [0, 0.1) is 10.1 Å². The number of hydrazone groups is 1. The first kappa shape index (κ1) is 20.3. The number of benzene rings is 2. The van der Waals surface area contributed by atoms with E-state index >= 15 is 0 Å². The smallest absolute Gasteiger partial charge is 0.295 e. The Bertz CT molecular complexity index is 956. The highest BCUT2D eigenvalue weighted by Gasteiger charge is 2.25. The van der Waals surface area contributed by atoms with Gasteiger partial charge in [0.15, 0.2) is 0 Å². The van der Waals surface area contributed by atoms with Crippen molar-refractivity contribution in [1.29, 1.82) is 0 Å². The largest absolute Gasteiger partial charge is 0.508 e. The average Bonchev–Trinajstić information content (AvgIpc) is 2.62. The van der Waals surface area contributed by atoms with E-state index in [-0.39, 0.29) is 29.4 Å². The molecule has 0 spiro atoms. The van der Waals surface area contributed by atoms with E-state index in [1.807, 2.05) is 0 Å². The van der Waals surface area contributed by atoms with Crippen LogP contribution in [-0.4, -0.2) is 42.1 Å². The Labute approximate surface area is 157 Å². The minimum atomic E-state index is -3.81. The van der Waals surface area contributed by atoms with Crippen LogP contribution in [0.15, 0.2) is 52.5 Å². The van der Waals surface area contributed by atoms with Crippen LogP contribution in [0.3, 0.4) is 0 Å². The van der Waals surface area contributed by atoms with Crippen LogP contribution in [0.25, 0.3) is 0 Å². The fourth-order valence-electron chi connectivity index (χ4n) is 2.41. The van der Waals surface area contributed by atoms with E-state index in [1.165, 1.54) is 34.8 Å².